The molecule has 4 rings (SSSR count). The predicted molar refractivity (Wildman–Crippen MR) is 121 cm³/mol. The average Bonchev–Trinajstić information content (AvgIpc) is 3.25. The smallest absolute Gasteiger partial charge is 0.254 e. The highest BCUT2D eigenvalue weighted by Gasteiger charge is 2.18. The number of nitrogens with zero attached hydrogens (tertiary/aromatic N) is 5. The molecular weight excluding hydrogens is 408 g/mol. The average molecular weight is 430 g/mol. The van der Waals surface area contributed by atoms with Crippen molar-refractivity contribution >= 4 is 28.9 Å². The van der Waals surface area contributed by atoms with E-state index >= 15 is 0 Å². The number of aromatic nitrogens is 5. The van der Waals surface area contributed by atoms with E-state index in [1.54, 1.807) is 44.5 Å². The third-order valence-electron chi connectivity index (χ3n) is 4.63. The molecule has 0 aliphatic heterocycles. The molecule has 3 heterocycles. The Morgan fingerprint density at radius 2 is 1.88 bits per heavy atom. The lowest BCUT2D eigenvalue weighted by molar-refractivity contribution is 0.0963. The van der Waals surface area contributed by atoms with Crippen molar-refractivity contribution in [1.82, 2.24) is 30.0 Å². The van der Waals surface area contributed by atoms with Gasteiger partial charge in [-0.05, 0) is 24.3 Å². The van der Waals surface area contributed by atoms with Gasteiger partial charge in [-0.3, -0.25) is 9.48 Å². The highest BCUT2D eigenvalue weighted by molar-refractivity contribution is 6.00. The van der Waals surface area contributed by atoms with Crippen molar-refractivity contribution in [2.24, 2.45) is 7.05 Å². The van der Waals surface area contributed by atoms with Gasteiger partial charge in [0.2, 0.25) is 0 Å². The molecule has 32 heavy (non-hydrogen) atoms. The molecule has 3 N–H and O–H groups in total. The summed E-state index contributed by atoms with van der Waals surface area (Å²) >= 11 is 0. The first-order chi connectivity index (χ1) is 15.6. The zero-order chi connectivity index (χ0) is 22.5. The molecule has 3 aromatic heterocycles. The standard InChI is InChI=1S/C22H22N8O2/c1-23-22(31)15-12-25-19(28-18-9-4-5-10-24-18)11-17(15)27-16-8-6-7-14(20(16)32-3)21-26-13-30(2)29-21/h4-13H,1-3H3,(H,23,31)(H2,24,25,27,28). The zero-order valence-electron chi connectivity index (χ0n) is 17.8. The van der Waals surface area contributed by atoms with Crippen LogP contribution in [0.2, 0.25) is 0 Å². The number of methoxy groups -OCH3 is 1. The number of nitrogens with one attached hydrogen (secondary N) is 3. The molecule has 10 nitrogen and oxygen atoms in total. The number of hydrogen-bond donors (Lipinski definition) is 3. The Bertz CT molecular complexity index is 1240. The van der Waals surface area contributed by atoms with Crippen LogP contribution in [-0.2, 0) is 7.05 Å². The Labute approximate surface area is 184 Å². The molecule has 0 bridgehead atoms. The first-order valence-corrected chi connectivity index (χ1v) is 9.79. The monoisotopic (exact) mass is 430 g/mol. The van der Waals surface area contributed by atoms with Crippen LogP contribution < -0.4 is 20.7 Å². The number of hydrogen-bond acceptors (Lipinski definition) is 8. The Morgan fingerprint density at radius 1 is 1.00 bits per heavy atom. The summed E-state index contributed by atoms with van der Waals surface area (Å²) in [5, 5.41) is 13.4. The minimum Gasteiger partial charge on any atom is -0.494 e. The maximum atomic E-state index is 12.5. The van der Waals surface area contributed by atoms with Crippen molar-refractivity contribution in [3.05, 3.63) is 66.7 Å². The SMILES string of the molecule is CNC(=O)c1cnc(Nc2ccccn2)cc1Nc1cccc(-c2ncn(C)n2)c1OC. The topological polar surface area (TPSA) is 119 Å². The summed E-state index contributed by atoms with van der Waals surface area (Å²) in [5.41, 5.74) is 2.29. The Balaban J connectivity index is 1.74. The van der Waals surface area contributed by atoms with Crippen molar-refractivity contribution < 1.29 is 9.53 Å². The summed E-state index contributed by atoms with van der Waals surface area (Å²) in [6.07, 6.45) is 4.81. The van der Waals surface area contributed by atoms with Crippen LogP contribution in [0, 0.1) is 0 Å². The van der Waals surface area contributed by atoms with Gasteiger partial charge < -0.3 is 20.7 Å². The molecule has 1 aromatic carbocycles. The molecule has 0 saturated heterocycles. The Kier molecular flexibility index (Phi) is 5.93. The number of amides is 1. The van der Waals surface area contributed by atoms with Gasteiger partial charge in [0, 0.05) is 32.6 Å². The maximum absolute atomic E-state index is 12.5. The van der Waals surface area contributed by atoms with Crippen molar-refractivity contribution in [1.29, 1.82) is 0 Å². The number of benzene rings is 1. The quantitative estimate of drug-likeness (QED) is 0.409. The van der Waals surface area contributed by atoms with Gasteiger partial charge in [-0.2, -0.15) is 5.10 Å². The third kappa shape index (κ3) is 4.33. The molecule has 0 spiro atoms. The van der Waals surface area contributed by atoms with E-state index in [0.29, 0.717) is 40.1 Å². The van der Waals surface area contributed by atoms with E-state index in [1.807, 2.05) is 36.4 Å². The Morgan fingerprint density at radius 3 is 2.56 bits per heavy atom. The van der Waals surface area contributed by atoms with Gasteiger partial charge >= 0.3 is 0 Å². The lowest BCUT2D eigenvalue weighted by Crippen LogP contribution is -2.19. The van der Waals surface area contributed by atoms with Gasteiger partial charge in [0.25, 0.3) is 5.91 Å². The number of carbonyl (C=O) groups is 1. The first kappa shape index (κ1) is 20.8. The van der Waals surface area contributed by atoms with Crippen LogP contribution in [-0.4, -0.2) is 44.8 Å². The first-order valence-electron chi connectivity index (χ1n) is 9.79. The lowest BCUT2D eigenvalue weighted by atomic mass is 10.1. The van der Waals surface area contributed by atoms with E-state index in [0.717, 1.165) is 5.56 Å². The largest absolute Gasteiger partial charge is 0.494 e. The van der Waals surface area contributed by atoms with Crippen LogP contribution in [0.5, 0.6) is 5.75 Å². The summed E-state index contributed by atoms with van der Waals surface area (Å²) in [4.78, 5) is 25.4. The van der Waals surface area contributed by atoms with Crippen molar-refractivity contribution in [3.8, 4) is 17.1 Å². The van der Waals surface area contributed by atoms with Crippen molar-refractivity contribution in [2.45, 2.75) is 0 Å². The van der Waals surface area contributed by atoms with E-state index in [2.05, 4.69) is 36.0 Å². The van der Waals surface area contributed by atoms with Gasteiger partial charge in [0.1, 0.15) is 18.0 Å². The van der Waals surface area contributed by atoms with Gasteiger partial charge in [0.05, 0.1) is 29.6 Å². The second kappa shape index (κ2) is 9.13. The number of rotatable bonds is 7. The number of ether oxygens (including phenoxy) is 1. The number of carbonyl (C=O) groups excluding carboxylic acids is 1. The molecule has 0 unspecified atom stereocenters. The van der Waals surface area contributed by atoms with Gasteiger partial charge in [-0.25, -0.2) is 15.0 Å². The minimum absolute atomic E-state index is 0.272. The highest BCUT2D eigenvalue weighted by Crippen LogP contribution is 2.37. The summed E-state index contributed by atoms with van der Waals surface area (Å²) in [6.45, 7) is 0. The van der Waals surface area contributed by atoms with Gasteiger partial charge in [0.15, 0.2) is 11.6 Å². The summed E-state index contributed by atoms with van der Waals surface area (Å²) in [5.74, 6) is 1.98. The van der Waals surface area contributed by atoms with Crippen LogP contribution in [0.4, 0.5) is 23.0 Å². The molecule has 1 amide bonds. The fourth-order valence-corrected chi connectivity index (χ4v) is 3.15. The van der Waals surface area contributed by atoms with Crippen LogP contribution in [0.3, 0.4) is 0 Å². The van der Waals surface area contributed by atoms with E-state index in [-0.39, 0.29) is 5.91 Å². The fraction of sp³-hybridized carbons (Fsp3) is 0.136. The maximum Gasteiger partial charge on any atom is 0.254 e. The number of aryl methyl sites for hydroxylation is 1. The normalized spacial score (nSPS) is 10.5. The van der Waals surface area contributed by atoms with Crippen LogP contribution >= 0.6 is 0 Å². The van der Waals surface area contributed by atoms with Crippen LogP contribution in [0.15, 0.2) is 61.2 Å². The molecule has 0 aliphatic rings. The van der Waals surface area contributed by atoms with Gasteiger partial charge in [-0.15, -0.1) is 0 Å². The number of pyridine rings is 2. The molecule has 0 atom stereocenters. The van der Waals surface area contributed by atoms with E-state index in [9.17, 15) is 4.79 Å². The van der Waals surface area contributed by atoms with Crippen molar-refractivity contribution in [2.75, 3.05) is 24.8 Å². The van der Waals surface area contributed by atoms with E-state index in [1.165, 1.54) is 6.20 Å². The molecule has 0 fully saturated rings. The van der Waals surface area contributed by atoms with Crippen molar-refractivity contribution in [3.63, 3.8) is 0 Å². The van der Waals surface area contributed by atoms with Crippen LogP contribution in [0.25, 0.3) is 11.4 Å². The second-order valence-corrected chi connectivity index (χ2v) is 6.79. The number of para-hydroxylation sites is 1. The fourth-order valence-electron chi connectivity index (χ4n) is 3.15. The molecule has 10 heteroatoms. The molecule has 0 aliphatic carbocycles. The van der Waals surface area contributed by atoms with E-state index in [4.69, 9.17) is 4.74 Å². The summed E-state index contributed by atoms with van der Waals surface area (Å²) < 4.78 is 7.29. The third-order valence-corrected chi connectivity index (χ3v) is 4.63. The molecule has 162 valence electrons. The molecule has 4 aromatic rings. The minimum atomic E-state index is -0.272. The predicted octanol–water partition coefficient (Wildman–Crippen LogP) is 3.13. The molecular formula is C22H22N8O2. The van der Waals surface area contributed by atoms with E-state index < -0.39 is 0 Å². The van der Waals surface area contributed by atoms with Gasteiger partial charge in [-0.1, -0.05) is 12.1 Å². The lowest BCUT2D eigenvalue weighted by Gasteiger charge is -2.17. The summed E-state index contributed by atoms with van der Waals surface area (Å²) in [7, 11) is 4.95. The zero-order valence-corrected chi connectivity index (χ0v) is 17.8. The molecule has 0 radical (unpaired) electrons. The summed E-state index contributed by atoms with van der Waals surface area (Å²) in [6, 6.07) is 12.9. The highest BCUT2D eigenvalue weighted by atomic mass is 16.5. The second-order valence-electron chi connectivity index (χ2n) is 6.79. The number of anilines is 4. The van der Waals surface area contributed by atoms with Crippen LogP contribution in [0.1, 0.15) is 10.4 Å². The Hall–Kier alpha value is -4.47. The molecule has 0 saturated carbocycles.